The maximum absolute atomic E-state index is 12.1. The molecule has 0 aliphatic carbocycles. The van der Waals surface area contributed by atoms with Crippen molar-refractivity contribution in [1.82, 2.24) is 5.32 Å². The fourth-order valence-corrected chi connectivity index (χ4v) is 2.71. The third-order valence-corrected chi connectivity index (χ3v) is 4.16. The molecule has 0 aliphatic heterocycles. The summed E-state index contributed by atoms with van der Waals surface area (Å²) in [7, 11) is 0. The molecule has 26 heavy (non-hydrogen) atoms. The van der Waals surface area contributed by atoms with E-state index in [4.69, 9.17) is 10.5 Å². The first-order valence-corrected chi connectivity index (χ1v) is 8.33. The molecule has 0 heterocycles. The Labute approximate surface area is 151 Å². The Bertz CT molecular complexity index is 935. The zero-order valence-electron chi connectivity index (χ0n) is 14.4. The molecule has 0 aromatic heterocycles. The van der Waals surface area contributed by atoms with Crippen molar-refractivity contribution in [2.24, 2.45) is 5.73 Å². The second kappa shape index (κ2) is 7.70. The van der Waals surface area contributed by atoms with Crippen LogP contribution in [0.2, 0.25) is 0 Å². The molecule has 5 heteroatoms. The van der Waals surface area contributed by atoms with Gasteiger partial charge in [-0.25, -0.2) is 0 Å². The topological polar surface area (TPSA) is 81.4 Å². The molecule has 132 valence electrons. The van der Waals surface area contributed by atoms with Gasteiger partial charge in [-0.1, -0.05) is 36.4 Å². The van der Waals surface area contributed by atoms with E-state index in [0.717, 1.165) is 16.3 Å². The second-order valence-electron chi connectivity index (χ2n) is 6.07. The summed E-state index contributed by atoms with van der Waals surface area (Å²) in [6.07, 6.45) is 0. The fraction of sp³-hybridized carbons (Fsp3) is 0.143. The number of primary amides is 1. The van der Waals surface area contributed by atoms with Gasteiger partial charge in [-0.2, -0.15) is 0 Å². The molecular formula is C21H20N2O3. The summed E-state index contributed by atoms with van der Waals surface area (Å²) in [5.74, 6) is -0.216. The highest BCUT2D eigenvalue weighted by Crippen LogP contribution is 2.20. The third-order valence-electron chi connectivity index (χ3n) is 4.16. The Morgan fingerprint density at radius 3 is 2.38 bits per heavy atom. The average molecular weight is 348 g/mol. The zero-order chi connectivity index (χ0) is 18.5. The van der Waals surface area contributed by atoms with Crippen molar-refractivity contribution in [3.63, 3.8) is 0 Å². The van der Waals surface area contributed by atoms with Crippen molar-refractivity contribution in [3.8, 4) is 5.75 Å². The SMILES string of the molecule is C[C@H](NC(=O)COc1ccc(C(N)=O)cc1)c1ccc2ccccc2c1. The number of carbonyl (C=O) groups excluding carboxylic acids is 2. The average Bonchev–Trinajstić information content (AvgIpc) is 2.66. The molecule has 2 amide bonds. The smallest absolute Gasteiger partial charge is 0.258 e. The lowest BCUT2D eigenvalue weighted by Crippen LogP contribution is -2.31. The molecule has 3 aromatic carbocycles. The number of hydrogen-bond acceptors (Lipinski definition) is 3. The Morgan fingerprint density at radius 1 is 1.00 bits per heavy atom. The molecule has 0 radical (unpaired) electrons. The van der Waals surface area contributed by atoms with Crippen LogP contribution in [-0.2, 0) is 4.79 Å². The number of carbonyl (C=O) groups is 2. The van der Waals surface area contributed by atoms with Crippen LogP contribution in [-0.4, -0.2) is 18.4 Å². The van der Waals surface area contributed by atoms with E-state index in [1.807, 2.05) is 37.3 Å². The number of hydrogen-bond donors (Lipinski definition) is 2. The van der Waals surface area contributed by atoms with Crippen molar-refractivity contribution >= 4 is 22.6 Å². The quantitative estimate of drug-likeness (QED) is 0.718. The lowest BCUT2D eigenvalue weighted by molar-refractivity contribution is -0.123. The van der Waals surface area contributed by atoms with Gasteiger partial charge in [0.05, 0.1) is 6.04 Å². The summed E-state index contributed by atoms with van der Waals surface area (Å²) in [5.41, 5.74) is 6.61. The number of ether oxygens (including phenoxy) is 1. The van der Waals surface area contributed by atoms with Crippen LogP contribution in [0.15, 0.2) is 66.7 Å². The molecule has 0 saturated heterocycles. The summed E-state index contributed by atoms with van der Waals surface area (Å²) >= 11 is 0. The number of benzene rings is 3. The van der Waals surface area contributed by atoms with Gasteiger partial charge in [0, 0.05) is 5.56 Å². The number of rotatable bonds is 6. The summed E-state index contributed by atoms with van der Waals surface area (Å²) < 4.78 is 5.45. The van der Waals surface area contributed by atoms with E-state index < -0.39 is 5.91 Å². The summed E-state index contributed by atoms with van der Waals surface area (Å²) in [4.78, 5) is 23.2. The van der Waals surface area contributed by atoms with E-state index in [1.165, 1.54) is 0 Å². The van der Waals surface area contributed by atoms with E-state index in [1.54, 1.807) is 24.3 Å². The van der Waals surface area contributed by atoms with Gasteiger partial charge in [-0.05, 0) is 53.6 Å². The van der Waals surface area contributed by atoms with E-state index >= 15 is 0 Å². The molecular weight excluding hydrogens is 328 g/mol. The summed E-state index contributed by atoms with van der Waals surface area (Å²) in [5, 5.41) is 5.22. The van der Waals surface area contributed by atoms with E-state index in [0.29, 0.717) is 11.3 Å². The highest BCUT2D eigenvalue weighted by molar-refractivity contribution is 5.92. The predicted octanol–water partition coefficient (Wildman–Crippen LogP) is 3.19. The first-order valence-electron chi connectivity index (χ1n) is 8.33. The van der Waals surface area contributed by atoms with Crippen molar-refractivity contribution in [3.05, 3.63) is 77.9 Å². The van der Waals surface area contributed by atoms with Crippen LogP contribution in [0.3, 0.4) is 0 Å². The van der Waals surface area contributed by atoms with E-state index in [2.05, 4.69) is 17.4 Å². The molecule has 0 unspecified atom stereocenters. The van der Waals surface area contributed by atoms with Crippen molar-refractivity contribution in [2.75, 3.05) is 6.61 Å². The number of amides is 2. The molecule has 0 bridgehead atoms. The van der Waals surface area contributed by atoms with Gasteiger partial charge < -0.3 is 15.8 Å². The maximum Gasteiger partial charge on any atom is 0.258 e. The minimum atomic E-state index is -0.501. The van der Waals surface area contributed by atoms with Crippen LogP contribution in [0, 0.1) is 0 Å². The Balaban J connectivity index is 1.57. The minimum absolute atomic E-state index is 0.103. The molecule has 0 aliphatic rings. The highest BCUT2D eigenvalue weighted by Gasteiger charge is 2.11. The van der Waals surface area contributed by atoms with Crippen molar-refractivity contribution in [1.29, 1.82) is 0 Å². The fourth-order valence-electron chi connectivity index (χ4n) is 2.71. The highest BCUT2D eigenvalue weighted by atomic mass is 16.5. The van der Waals surface area contributed by atoms with Crippen LogP contribution in [0.25, 0.3) is 10.8 Å². The number of nitrogens with two attached hydrogens (primary N) is 1. The summed E-state index contributed by atoms with van der Waals surface area (Å²) in [6.45, 7) is 1.83. The van der Waals surface area contributed by atoms with E-state index in [9.17, 15) is 9.59 Å². The predicted molar refractivity (Wildman–Crippen MR) is 101 cm³/mol. The van der Waals surface area contributed by atoms with Gasteiger partial charge in [0.1, 0.15) is 5.75 Å². The molecule has 1 atom stereocenters. The maximum atomic E-state index is 12.1. The van der Waals surface area contributed by atoms with E-state index in [-0.39, 0.29) is 18.6 Å². The normalized spacial score (nSPS) is 11.7. The van der Waals surface area contributed by atoms with Crippen LogP contribution in [0.1, 0.15) is 28.9 Å². The molecule has 3 N–H and O–H groups in total. The Kier molecular flexibility index (Phi) is 5.17. The van der Waals surface area contributed by atoms with Crippen LogP contribution in [0.4, 0.5) is 0 Å². The Hall–Kier alpha value is -3.34. The minimum Gasteiger partial charge on any atom is -0.484 e. The molecule has 0 spiro atoms. The monoisotopic (exact) mass is 348 g/mol. The second-order valence-corrected chi connectivity index (χ2v) is 6.07. The summed E-state index contributed by atoms with van der Waals surface area (Å²) in [6, 6.07) is 20.4. The lowest BCUT2D eigenvalue weighted by atomic mass is 10.0. The molecule has 0 saturated carbocycles. The van der Waals surface area contributed by atoms with Gasteiger partial charge in [-0.15, -0.1) is 0 Å². The number of nitrogens with one attached hydrogen (secondary N) is 1. The molecule has 0 fully saturated rings. The van der Waals surface area contributed by atoms with Gasteiger partial charge in [0.2, 0.25) is 5.91 Å². The van der Waals surface area contributed by atoms with Gasteiger partial charge in [-0.3, -0.25) is 9.59 Å². The van der Waals surface area contributed by atoms with Crippen LogP contribution < -0.4 is 15.8 Å². The lowest BCUT2D eigenvalue weighted by Gasteiger charge is -2.15. The first kappa shape index (κ1) is 17.5. The molecule has 3 rings (SSSR count). The zero-order valence-corrected chi connectivity index (χ0v) is 14.4. The molecule has 3 aromatic rings. The first-order chi connectivity index (χ1) is 12.5. The van der Waals surface area contributed by atoms with Gasteiger partial charge in [0.25, 0.3) is 5.91 Å². The standard InChI is InChI=1S/C21H20N2O3/c1-14(17-7-6-15-4-2-3-5-18(15)12-17)23-20(24)13-26-19-10-8-16(9-11-19)21(22)25/h2-12,14H,13H2,1H3,(H2,22,25)(H,23,24)/t14-/m0/s1. The van der Waals surface area contributed by atoms with Crippen molar-refractivity contribution < 1.29 is 14.3 Å². The third kappa shape index (κ3) is 4.19. The van der Waals surface area contributed by atoms with Crippen LogP contribution >= 0.6 is 0 Å². The van der Waals surface area contributed by atoms with Gasteiger partial charge >= 0.3 is 0 Å². The number of fused-ring (bicyclic) bond motifs is 1. The Morgan fingerprint density at radius 2 is 1.69 bits per heavy atom. The van der Waals surface area contributed by atoms with Crippen molar-refractivity contribution in [2.45, 2.75) is 13.0 Å². The van der Waals surface area contributed by atoms with Crippen LogP contribution in [0.5, 0.6) is 5.75 Å². The molecule has 5 nitrogen and oxygen atoms in total. The van der Waals surface area contributed by atoms with Gasteiger partial charge in [0.15, 0.2) is 6.61 Å². The largest absolute Gasteiger partial charge is 0.484 e.